The average molecular weight is 328 g/mol. The molecule has 0 fully saturated rings. The Balaban J connectivity index is 0.000000315. The van der Waals surface area contributed by atoms with Crippen LogP contribution < -0.4 is 0 Å². The molecule has 5 nitrogen and oxygen atoms in total. The van der Waals surface area contributed by atoms with Gasteiger partial charge in [-0.1, -0.05) is 42.5 Å². The van der Waals surface area contributed by atoms with Gasteiger partial charge in [0.05, 0.1) is 0 Å². The Morgan fingerprint density at radius 2 is 0.750 bits per heavy atom. The fourth-order valence-electron chi connectivity index (χ4n) is 1.35. The molecule has 3 aromatic carbocycles. The highest BCUT2D eigenvalue weighted by Crippen LogP contribution is 2.14. The lowest BCUT2D eigenvalue weighted by molar-refractivity contribution is -0.0979. The summed E-state index contributed by atoms with van der Waals surface area (Å²) in [5.41, 5.74) is 0. The fourth-order valence-corrected chi connectivity index (χ4v) is 1.35. The molecule has 126 valence electrons. The SMILES string of the molecule is C=O.Oc1cccc(O)c1.Oc1ccccc1.Oc1ccccc1. The predicted molar refractivity (Wildman–Crippen MR) is 93.1 cm³/mol. The Bertz CT molecular complexity index is 602. The molecule has 24 heavy (non-hydrogen) atoms. The van der Waals surface area contributed by atoms with Gasteiger partial charge in [-0.05, 0) is 36.4 Å². The lowest BCUT2D eigenvalue weighted by atomic mass is 10.3. The molecule has 0 heterocycles. The largest absolute Gasteiger partial charge is 0.508 e. The third kappa shape index (κ3) is 11.2. The molecule has 0 radical (unpaired) electrons. The smallest absolute Gasteiger partial charge is 0.119 e. The molecule has 0 saturated carbocycles. The van der Waals surface area contributed by atoms with Gasteiger partial charge >= 0.3 is 0 Å². The average Bonchev–Trinajstić information content (AvgIpc) is 2.59. The molecule has 0 spiro atoms. The molecule has 5 heteroatoms. The zero-order chi connectivity index (χ0) is 18.2. The maximum atomic E-state index is 8.65. The first-order valence-corrected chi connectivity index (χ1v) is 6.83. The quantitative estimate of drug-likeness (QED) is 0.504. The predicted octanol–water partition coefficient (Wildman–Crippen LogP) is 3.70. The van der Waals surface area contributed by atoms with E-state index in [0.29, 0.717) is 11.5 Å². The Labute approximate surface area is 140 Å². The van der Waals surface area contributed by atoms with Gasteiger partial charge in [-0.3, -0.25) is 0 Å². The molecule has 3 aromatic rings. The van der Waals surface area contributed by atoms with Crippen molar-refractivity contribution in [3.63, 3.8) is 0 Å². The van der Waals surface area contributed by atoms with Crippen LogP contribution in [0.2, 0.25) is 0 Å². The van der Waals surface area contributed by atoms with Gasteiger partial charge in [-0.2, -0.15) is 0 Å². The van der Waals surface area contributed by atoms with Gasteiger partial charge in [0.1, 0.15) is 29.8 Å². The Morgan fingerprint density at radius 1 is 0.458 bits per heavy atom. The van der Waals surface area contributed by atoms with Gasteiger partial charge < -0.3 is 25.2 Å². The van der Waals surface area contributed by atoms with Crippen molar-refractivity contribution in [1.82, 2.24) is 0 Å². The van der Waals surface area contributed by atoms with Crippen molar-refractivity contribution in [1.29, 1.82) is 0 Å². The second kappa shape index (κ2) is 13.2. The van der Waals surface area contributed by atoms with Crippen LogP contribution in [0.5, 0.6) is 23.0 Å². The molecule has 0 saturated heterocycles. The molecule has 0 unspecified atom stereocenters. The van der Waals surface area contributed by atoms with Crippen molar-refractivity contribution < 1.29 is 25.2 Å². The third-order valence-corrected chi connectivity index (χ3v) is 2.34. The summed E-state index contributed by atoms with van der Waals surface area (Å²) in [6.45, 7) is 2.00. The second-order valence-corrected chi connectivity index (χ2v) is 4.19. The lowest BCUT2D eigenvalue weighted by Crippen LogP contribution is -1.61. The van der Waals surface area contributed by atoms with Crippen LogP contribution in [-0.2, 0) is 4.79 Å². The summed E-state index contributed by atoms with van der Waals surface area (Å²) in [5, 5.41) is 34.6. The van der Waals surface area contributed by atoms with Crippen molar-refractivity contribution in [2.45, 2.75) is 0 Å². The summed E-state index contributed by atoms with van der Waals surface area (Å²) >= 11 is 0. The summed E-state index contributed by atoms with van der Waals surface area (Å²) in [4.78, 5) is 8.00. The van der Waals surface area contributed by atoms with Gasteiger partial charge in [0, 0.05) is 6.07 Å². The van der Waals surface area contributed by atoms with Gasteiger partial charge in [0.25, 0.3) is 0 Å². The van der Waals surface area contributed by atoms with Crippen LogP contribution in [0.25, 0.3) is 0 Å². The molecule has 0 bridgehead atoms. The van der Waals surface area contributed by atoms with Crippen LogP contribution >= 0.6 is 0 Å². The standard InChI is InChI=1S/C6H6O2.2C6H6O.CH2O/c7-5-2-1-3-6(8)4-5;2*7-6-4-2-1-3-5-6;1-2/h1-4,7-8H;2*1-5,7H;1H2. The van der Waals surface area contributed by atoms with Gasteiger partial charge in [-0.25, -0.2) is 0 Å². The van der Waals surface area contributed by atoms with Crippen LogP contribution in [0, 0.1) is 0 Å². The summed E-state index contributed by atoms with van der Waals surface area (Å²) < 4.78 is 0. The lowest BCUT2D eigenvalue weighted by Gasteiger charge is -1.89. The number of para-hydroxylation sites is 2. The van der Waals surface area contributed by atoms with E-state index in [4.69, 9.17) is 25.2 Å². The summed E-state index contributed by atoms with van der Waals surface area (Å²) in [6, 6.07) is 23.3. The number of carbonyl (C=O) groups is 1. The van der Waals surface area contributed by atoms with Crippen LogP contribution in [0.3, 0.4) is 0 Å². The van der Waals surface area contributed by atoms with E-state index in [-0.39, 0.29) is 11.5 Å². The Hall–Kier alpha value is -3.47. The summed E-state index contributed by atoms with van der Waals surface area (Å²) in [5.74, 6) is 0.819. The molecule has 0 aliphatic carbocycles. The molecule has 0 aliphatic rings. The van der Waals surface area contributed by atoms with Crippen LogP contribution in [0.15, 0.2) is 84.9 Å². The van der Waals surface area contributed by atoms with E-state index >= 15 is 0 Å². The molecule has 0 amide bonds. The number of phenols is 4. The molecular formula is C19H20O5. The highest BCUT2D eigenvalue weighted by molar-refractivity contribution is 5.30. The van der Waals surface area contributed by atoms with E-state index in [1.54, 1.807) is 54.6 Å². The van der Waals surface area contributed by atoms with E-state index < -0.39 is 0 Å². The second-order valence-electron chi connectivity index (χ2n) is 4.19. The van der Waals surface area contributed by atoms with E-state index in [0.717, 1.165) is 0 Å². The Morgan fingerprint density at radius 3 is 0.917 bits per heavy atom. The first-order chi connectivity index (χ1) is 11.6. The van der Waals surface area contributed by atoms with Crippen molar-refractivity contribution in [2.75, 3.05) is 0 Å². The highest BCUT2D eigenvalue weighted by Gasteiger charge is 1.85. The number of benzene rings is 3. The fraction of sp³-hybridized carbons (Fsp3) is 0. The van der Waals surface area contributed by atoms with Crippen molar-refractivity contribution in [3.05, 3.63) is 84.9 Å². The number of hydrogen-bond donors (Lipinski definition) is 4. The van der Waals surface area contributed by atoms with E-state index in [2.05, 4.69) is 0 Å². The minimum atomic E-state index is 0.0880. The number of hydrogen-bond acceptors (Lipinski definition) is 5. The number of phenolic OH excluding ortho intramolecular Hbond substituents is 4. The first kappa shape index (κ1) is 20.5. The zero-order valence-corrected chi connectivity index (χ0v) is 13.0. The maximum Gasteiger partial charge on any atom is 0.119 e. The van der Waals surface area contributed by atoms with Crippen LogP contribution in [-0.4, -0.2) is 27.2 Å². The summed E-state index contributed by atoms with van der Waals surface area (Å²) in [7, 11) is 0. The van der Waals surface area contributed by atoms with Gasteiger partial charge in [0.15, 0.2) is 0 Å². The van der Waals surface area contributed by atoms with Crippen molar-refractivity contribution in [3.8, 4) is 23.0 Å². The molecule has 3 rings (SSSR count). The van der Waals surface area contributed by atoms with Crippen LogP contribution in [0.4, 0.5) is 0 Å². The van der Waals surface area contributed by atoms with Crippen molar-refractivity contribution in [2.24, 2.45) is 0 Å². The number of carbonyl (C=O) groups excluding carboxylic acids is 1. The highest BCUT2D eigenvalue weighted by atomic mass is 16.3. The monoisotopic (exact) mass is 328 g/mol. The maximum absolute atomic E-state index is 8.65. The van der Waals surface area contributed by atoms with E-state index in [1.807, 2.05) is 18.9 Å². The minimum Gasteiger partial charge on any atom is -0.508 e. The molecular weight excluding hydrogens is 308 g/mol. The topological polar surface area (TPSA) is 98.0 Å². The first-order valence-electron chi connectivity index (χ1n) is 6.83. The number of aromatic hydroxyl groups is 4. The summed E-state index contributed by atoms with van der Waals surface area (Å²) in [6.07, 6.45) is 0. The minimum absolute atomic E-state index is 0.0880. The van der Waals surface area contributed by atoms with Gasteiger partial charge in [0.2, 0.25) is 0 Å². The Kier molecular flexibility index (Phi) is 11.3. The van der Waals surface area contributed by atoms with Crippen LogP contribution in [0.1, 0.15) is 0 Å². The van der Waals surface area contributed by atoms with Gasteiger partial charge in [-0.15, -0.1) is 0 Å². The normalized spacial score (nSPS) is 8.17. The molecule has 0 aromatic heterocycles. The molecule has 4 N–H and O–H groups in total. The zero-order valence-electron chi connectivity index (χ0n) is 13.0. The third-order valence-electron chi connectivity index (χ3n) is 2.34. The number of rotatable bonds is 0. The van der Waals surface area contributed by atoms with Crippen molar-refractivity contribution >= 4 is 6.79 Å². The van der Waals surface area contributed by atoms with E-state index in [1.165, 1.54) is 18.2 Å². The molecule has 0 aliphatic heterocycles. The molecule has 0 atom stereocenters. The van der Waals surface area contributed by atoms with E-state index in [9.17, 15) is 0 Å².